The molecule has 60 valence electrons. The number of benzene rings is 1. The fraction of sp³-hybridized carbons (Fsp3) is 0.143. The SMILES string of the molecule is NC(N)c1cc(F)cc(F)c1. The van der Waals surface area contributed by atoms with Crippen molar-refractivity contribution in [1.29, 1.82) is 0 Å². The molecule has 4 N–H and O–H groups in total. The van der Waals surface area contributed by atoms with E-state index in [4.69, 9.17) is 11.5 Å². The van der Waals surface area contributed by atoms with Crippen molar-refractivity contribution < 1.29 is 8.78 Å². The fourth-order valence-corrected chi connectivity index (χ4v) is 0.768. The molecule has 1 aromatic rings. The molecule has 0 atom stereocenters. The van der Waals surface area contributed by atoms with Crippen LogP contribution in [0.1, 0.15) is 11.7 Å². The summed E-state index contributed by atoms with van der Waals surface area (Å²) in [5, 5.41) is 0. The van der Waals surface area contributed by atoms with Crippen molar-refractivity contribution in [1.82, 2.24) is 0 Å². The summed E-state index contributed by atoms with van der Waals surface area (Å²) in [4.78, 5) is 0. The van der Waals surface area contributed by atoms with E-state index in [-0.39, 0.29) is 5.56 Å². The van der Waals surface area contributed by atoms with E-state index in [2.05, 4.69) is 0 Å². The van der Waals surface area contributed by atoms with Gasteiger partial charge >= 0.3 is 0 Å². The molecular weight excluding hydrogens is 150 g/mol. The van der Waals surface area contributed by atoms with Crippen molar-refractivity contribution in [3.05, 3.63) is 35.4 Å². The van der Waals surface area contributed by atoms with Crippen LogP contribution in [0.15, 0.2) is 18.2 Å². The Morgan fingerprint density at radius 3 is 1.82 bits per heavy atom. The summed E-state index contributed by atoms with van der Waals surface area (Å²) < 4.78 is 24.9. The van der Waals surface area contributed by atoms with Gasteiger partial charge in [-0.05, 0) is 17.7 Å². The first-order valence-corrected chi connectivity index (χ1v) is 3.07. The van der Waals surface area contributed by atoms with Gasteiger partial charge in [0.15, 0.2) is 0 Å². The molecule has 0 aliphatic heterocycles. The molecular formula is C7H8F2N2. The Balaban J connectivity index is 3.08. The van der Waals surface area contributed by atoms with E-state index in [1.165, 1.54) is 0 Å². The quantitative estimate of drug-likeness (QED) is 0.596. The van der Waals surface area contributed by atoms with Gasteiger partial charge in [0.25, 0.3) is 0 Å². The molecule has 0 radical (unpaired) electrons. The lowest BCUT2D eigenvalue weighted by atomic mass is 10.2. The first-order chi connectivity index (χ1) is 5.09. The second kappa shape index (κ2) is 2.94. The maximum atomic E-state index is 12.4. The van der Waals surface area contributed by atoms with Crippen LogP contribution >= 0.6 is 0 Å². The van der Waals surface area contributed by atoms with E-state index in [9.17, 15) is 8.78 Å². The van der Waals surface area contributed by atoms with E-state index >= 15 is 0 Å². The molecule has 0 saturated heterocycles. The zero-order valence-electron chi connectivity index (χ0n) is 5.72. The Hall–Kier alpha value is -1.00. The van der Waals surface area contributed by atoms with Gasteiger partial charge in [-0.1, -0.05) is 0 Å². The zero-order valence-corrected chi connectivity index (χ0v) is 5.72. The van der Waals surface area contributed by atoms with Gasteiger partial charge in [0.1, 0.15) is 11.6 Å². The standard InChI is InChI=1S/C7H8F2N2/c8-5-1-4(7(10)11)2-6(9)3-5/h1-3,7H,10-11H2. The van der Waals surface area contributed by atoms with E-state index in [0.29, 0.717) is 0 Å². The average molecular weight is 158 g/mol. The molecule has 0 aliphatic rings. The average Bonchev–Trinajstić information content (AvgIpc) is 1.85. The van der Waals surface area contributed by atoms with Crippen molar-refractivity contribution in [2.75, 3.05) is 0 Å². The predicted molar refractivity (Wildman–Crippen MR) is 37.5 cm³/mol. The lowest BCUT2D eigenvalue weighted by Crippen LogP contribution is -2.20. The van der Waals surface area contributed by atoms with Crippen LogP contribution in [0.2, 0.25) is 0 Å². The number of hydrogen-bond donors (Lipinski definition) is 2. The van der Waals surface area contributed by atoms with Crippen LogP contribution in [0.4, 0.5) is 8.78 Å². The topological polar surface area (TPSA) is 52.0 Å². The molecule has 0 saturated carbocycles. The number of halogens is 2. The van der Waals surface area contributed by atoms with Crippen LogP contribution in [0.5, 0.6) is 0 Å². The van der Waals surface area contributed by atoms with Gasteiger partial charge in [-0.25, -0.2) is 8.78 Å². The van der Waals surface area contributed by atoms with Crippen LogP contribution in [0, 0.1) is 11.6 Å². The summed E-state index contributed by atoms with van der Waals surface area (Å²) in [6, 6.07) is 2.98. The van der Waals surface area contributed by atoms with Crippen molar-refractivity contribution in [3.63, 3.8) is 0 Å². The summed E-state index contributed by atoms with van der Waals surface area (Å²) in [5.41, 5.74) is 10.6. The molecule has 0 heterocycles. The highest BCUT2D eigenvalue weighted by Crippen LogP contribution is 2.10. The fourth-order valence-electron chi connectivity index (χ4n) is 0.768. The van der Waals surface area contributed by atoms with Gasteiger partial charge in [-0.3, -0.25) is 0 Å². The molecule has 0 amide bonds. The van der Waals surface area contributed by atoms with Gasteiger partial charge in [-0.15, -0.1) is 0 Å². The molecule has 0 fully saturated rings. The lowest BCUT2D eigenvalue weighted by molar-refractivity contribution is 0.574. The van der Waals surface area contributed by atoms with Gasteiger partial charge in [0.2, 0.25) is 0 Å². The Bertz CT molecular complexity index is 240. The molecule has 0 bridgehead atoms. The van der Waals surface area contributed by atoms with Crippen molar-refractivity contribution in [3.8, 4) is 0 Å². The highest BCUT2D eigenvalue weighted by molar-refractivity contribution is 5.20. The van der Waals surface area contributed by atoms with E-state index in [1.54, 1.807) is 0 Å². The molecule has 11 heavy (non-hydrogen) atoms. The zero-order chi connectivity index (χ0) is 8.43. The van der Waals surface area contributed by atoms with Crippen molar-refractivity contribution in [2.24, 2.45) is 11.5 Å². The third-order valence-electron chi connectivity index (χ3n) is 1.27. The molecule has 2 nitrogen and oxygen atoms in total. The number of rotatable bonds is 1. The summed E-state index contributed by atoms with van der Waals surface area (Å²) in [6.07, 6.45) is -0.833. The monoisotopic (exact) mass is 158 g/mol. The maximum absolute atomic E-state index is 12.4. The second-order valence-corrected chi connectivity index (χ2v) is 2.23. The van der Waals surface area contributed by atoms with E-state index < -0.39 is 17.8 Å². The Morgan fingerprint density at radius 1 is 1.00 bits per heavy atom. The minimum atomic E-state index is -0.833. The number of hydrogen-bond acceptors (Lipinski definition) is 2. The van der Waals surface area contributed by atoms with Crippen LogP contribution in [-0.2, 0) is 0 Å². The maximum Gasteiger partial charge on any atom is 0.126 e. The highest BCUT2D eigenvalue weighted by Gasteiger charge is 2.03. The molecule has 1 aromatic carbocycles. The summed E-state index contributed by atoms with van der Waals surface area (Å²) >= 11 is 0. The third-order valence-corrected chi connectivity index (χ3v) is 1.27. The van der Waals surface area contributed by atoms with Gasteiger partial charge in [0, 0.05) is 6.07 Å². The van der Waals surface area contributed by atoms with Gasteiger partial charge in [0.05, 0.1) is 6.17 Å². The highest BCUT2D eigenvalue weighted by atomic mass is 19.1. The first-order valence-electron chi connectivity index (χ1n) is 3.07. The van der Waals surface area contributed by atoms with Crippen LogP contribution in [0.3, 0.4) is 0 Å². The van der Waals surface area contributed by atoms with Gasteiger partial charge in [-0.2, -0.15) is 0 Å². The largest absolute Gasteiger partial charge is 0.312 e. The third kappa shape index (κ3) is 1.96. The summed E-state index contributed by atoms with van der Waals surface area (Å²) in [5.74, 6) is -1.33. The lowest BCUT2D eigenvalue weighted by Gasteiger charge is -2.04. The Labute approximate surface area is 62.8 Å². The van der Waals surface area contributed by atoms with Gasteiger partial charge < -0.3 is 11.5 Å². The molecule has 0 aliphatic carbocycles. The molecule has 0 spiro atoms. The Morgan fingerprint density at radius 2 is 1.45 bits per heavy atom. The van der Waals surface area contributed by atoms with Crippen LogP contribution in [0.25, 0.3) is 0 Å². The Kier molecular flexibility index (Phi) is 2.16. The molecule has 0 unspecified atom stereocenters. The van der Waals surface area contributed by atoms with Crippen LogP contribution < -0.4 is 11.5 Å². The molecule has 0 aromatic heterocycles. The first kappa shape index (κ1) is 8.10. The normalized spacial score (nSPS) is 10.6. The predicted octanol–water partition coefficient (Wildman–Crippen LogP) is 0.881. The minimum Gasteiger partial charge on any atom is -0.312 e. The summed E-state index contributed by atoms with van der Waals surface area (Å²) in [6.45, 7) is 0. The second-order valence-electron chi connectivity index (χ2n) is 2.23. The van der Waals surface area contributed by atoms with Crippen molar-refractivity contribution in [2.45, 2.75) is 6.17 Å². The summed E-state index contributed by atoms with van der Waals surface area (Å²) in [7, 11) is 0. The van der Waals surface area contributed by atoms with Crippen molar-refractivity contribution >= 4 is 0 Å². The molecule has 4 heteroatoms. The van der Waals surface area contributed by atoms with E-state index in [0.717, 1.165) is 18.2 Å². The minimum absolute atomic E-state index is 0.252. The molecule has 1 rings (SSSR count). The smallest absolute Gasteiger partial charge is 0.126 e. The van der Waals surface area contributed by atoms with E-state index in [1.807, 2.05) is 0 Å². The number of nitrogens with two attached hydrogens (primary N) is 2. The van der Waals surface area contributed by atoms with Crippen LogP contribution in [-0.4, -0.2) is 0 Å².